The molecule has 0 N–H and O–H groups in total. The lowest BCUT2D eigenvalue weighted by Gasteiger charge is -2.08. The number of hydrogen-bond donors (Lipinski definition) is 0. The van der Waals surface area contributed by atoms with E-state index < -0.39 is 11.9 Å². The van der Waals surface area contributed by atoms with Gasteiger partial charge in [0, 0.05) is 5.57 Å². The summed E-state index contributed by atoms with van der Waals surface area (Å²) in [4.78, 5) is 23.5. The predicted molar refractivity (Wildman–Crippen MR) is 86.2 cm³/mol. The molecule has 0 heterocycles. The van der Waals surface area contributed by atoms with E-state index >= 15 is 0 Å². The number of carbonyl (C=O) groups excluding carboxylic acids is 2. The third-order valence-electron chi connectivity index (χ3n) is 3.10. The Morgan fingerprint density at radius 2 is 1.26 bits per heavy atom. The SMILES string of the molecule is C=C(CC(=O)OCc1ccccc1)C(=O)OCc1ccccc1. The molecule has 0 radical (unpaired) electrons. The first-order valence-corrected chi connectivity index (χ1v) is 7.23. The second-order valence-corrected chi connectivity index (χ2v) is 4.99. The van der Waals surface area contributed by atoms with Gasteiger partial charge in [0.05, 0.1) is 6.42 Å². The minimum absolute atomic E-state index is 0.0824. The first-order valence-electron chi connectivity index (χ1n) is 7.23. The fraction of sp³-hybridized carbons (Fsp3) is 0.158. The standard InChI is InChI=1S/C19H18O4/c1-15(19(21)23-14-17-10-6-3-7-11-17)12-18(20)22-13-16-8-4-2-5-9-16/h2-11H,1,12-14H2. The average Bonchev–Trinajstić information content (AvgIpc) is 2.59. The minimum Gasteiger partial charge on any atom is -0.461 e. The number of carbonyl (C=O) groups is 2. The minimum atomic E-state index is -0.592. The van der Waals surface area contributed by atoms with Crippen LogP contribution >= 0.6 is 0 Å². The first-order chi connectivity index (χ1) is 11.1. The summed E-state index contributed by atoms with van der Waals surface area (Å²) in [5.41, 5.74) is 1.84. The molecule has 4 nitrogen and oxygen atoms in total. The molecule has 0 fully saturated rings. The van der Waals surface area contributed by atoms with Gasteiger partial charge in [-0.1, -0.05) is 67.2 Å². The molecule has 2 rings (SSSR count). The van der Waals surface area contributed by atoms with Gasteiger partial charge in [-0.25, -0.2) is 4.79 Å². The highest BCUT2D eigenvalue weighted by molar-refractivity contribution is 5.93. The molecule has 0 aliphatic carbocycles. The molecular formula is C19H18O4. The number of esters is 2. The highest BCUT2D eigenvalue weighted by Gasteiger charge is 2.14. The molecule has 0 aliphatic heterocycles. The molecule has 0 saturated carbocycles. The summed E-state index contributed by atoms with van der Waals surface area (Å²) in [6.45, 7) is 3.91. The highest BCUT2D eigenvalue weighted by atomic mass is 16.5. The lowest BCUT2D eigenvalue weighted by atomic mass is 10.2. The van der Waals surface area contributed by atoms with Crippen LogP contribution in [0.2, 0.25) is 0 Å². The second kappa shape index (κ2) is 8.54. The maximum absolute atomic E-state index is 11.8. The Hall–Kier alpha value is -2.88. The van der Waals surface area contributed by atoms with Crippen LogP contribution in [0.1, 0.15) is 17.5 Å². The lowest BCUT2D eigenvalue weighted by molar-refractivity contribution is -0.147. The van der Waals surface area contributed by atoms with E-state index in [2.05, 4.69) is 6.58 Å². The van der Waals surface area contributed by atoms with E-state index in [1.807, 2.05) is 60.7 Å². The molecule has 23 heavy (non-hydrogen) atoms. The fourth-order valence-corrected chi connectivity index (χ4v) is 1.86. The molecule has 0 spiro atoms. The van der Waals surface area contributed by atoms with Crippen molar-refractivity contribution >= 4 is 11.9 Å². The van der Waals surface area contributed by atoms with Crippen LogP contribution in [0.25, 0.3) is 0 Å². The highest BCUT2D eigenvalue weighted by Crippen LogP contribution is 2.08. The molecular weight excluding hydrogens is 292 g/mol. The Morgan fingerprint density at radius 1 is 0.783 bits per heavy atom. The van der Waals surface area contributed by atoms with Crippen LogP contribution in [0, 0.1) is 0 Å². The Morgan fingerprint density at radius 3 is 1.78 bits per heavy atom. The van der Waals surface area contributed by atoms with Crippen molar-refractivity contribution in [2.24, 2.45) is 0 Å². The number of hydrogen-bond acceptors (Lipinski definition) is 4. The van der Waals surface area contributed by atoms with Crippen LogP contribution in [0.5, 0.6) is 0 Å². The van der Waals surface area contributed by atoms with Gasteiger partial charge in [-0.3, -0.25) is 4.79 Å². The number of rotatable bonds is 7. The lowest BCUT2D eigenvalue weighted by Crippen LogP contribution is -2.13. The maximum Gasteiger partial charge on any atom is 0.334 e. The van der Waals surface area contributed by atoms with E-state index in [0.29, 0.717) is 0 Å². The summed E-state index contributed by atoms with van der Waals surface area (Å²) >= 11 is 0. The van der Waals surface area contributed by atoms with Crippen molar-refractivity contribution in [2.45, 2.75) is 19.6 Å². The summed E-state index contributed by atoms with van der Waals surface area (Å²) in [5, 5.41) is 0. The van der Waals surface area contributed by atoms with Gasteiger partial charge < -0.3 is 9.47 Å². The Bertz CT molecular complexity index is 662. The van der Waals surface area contributed by atoms with Gasteiger partial charge in [0.1, 0.15) is 13.2 Å². The third-order valence-corrected chi connectivity index (χ3v) is 3.10. The zero-order chi connectivity index (χ0) is 16.5. The van der Waals surface area contributed by atoms with Crippen LogP contribution in [0.4, 0.5) is 0 Å². The van der Waals surface area contributed by atoms with Gasteiger partial charge in [-0.2, -0.15) is 0 Å². The van der Waals surface area contributed by atoms with Gasteiger partial charge in [0.2, 0.25) is 0 Å². The molecule has 0 saturated heterocycles. The average molecular weight is 310 g/mol. The largest absolute Gasteiger partial charge is 0.461 e. The van der Waals surface area contributed by atoms with Gasteiger partial charge in [-0.05, 0) is 11.1 Å². The van der Waals surface area contributed by atoms with Crippen LogP contribution in [0.3, 0.4) is 0 Å². The molecule has 0 bridgehead atoms. The Kier molecular flexibility index (Phi) is 6.12. The van der Waals surface area contributed by atoms with Crippen LogP contribution in [-0.2, 0) is 32.3 Å². The predicted octanol–water partition coefficient (Wildman–Crippen LogP) is 3.42. The van der Waals surface area contributed by atoms with E-state index in [4.69, 9.17) is 9.47 Å². The monoisotopic (exact) mass is 310 g/mol. The smallest absolute Gasteiger partial charge is 0.334 e. The van der Waals surface area contributed by atoms with Gasteiger partial charge in [-0.15, -0.1) is 0 Å². The van der Waals surface area contributed by atoms with E-state index in [0.717, 1.165) is 11.1 Å². The number of ether oxygens (including phenoxy) is 2. The van der Waals surface area contributed by atoms with E-state index in [-0.39, 0.29) is 25.2 Å². The van der Waals surface area contributed by atoms with E-state index in [9.17, 15) is 9.59 Å². The van der Waals surface area contributed by atoms with Crippen molar-refractivity contribution in [2.75, 3.05) is 0 Å². The summed E-state index contributed by atoms with van der Waals surface area (Å²) in [6.07, 6.45) is -0.180. The van der Waals surface area contributed by atoms with E-state index in [1.165, 1.54) is 0 Å². The van der Waals surface area contributed by atoms with Crippen LogP contribution < -0.4 is 0 Å². The van der Waals surface area contributed by atoms with Gasteiger partial charge in [0.15, 0.2) is 0 Å². The molecule has 0 amide bonds. The van der Waals surface area contributed by atoms with Crippen molar-refractivity contribution in [3.63, 3.8) is 0 Å². The summed E-state index contributed by atoms with van der Waals surface area (Å²) in [7, 11) is 0. The summed E-state index contributed by atoms with van der Waals surface area (Å²) in [6, 6.07) is 18.6. The third kappa shape index (κ3) is 5.79. The Labute approximate surface area is 135 Å². The topological polar surface area (TPSA) is 52.6 Å². The summed E-state index contributed by atoms with van der Waals surface area (Å²) < 4.78 is 10.2. The van der Waals surface area contributed by atoms with Crippen molar-refractivity contribution in [3.8, 4) is 0 Å². The van der Waals surface area contributed by atoms with Crippen molar-refractivity contribution in [1.29, 1.82) is 0 Å². The van der Waals surface area contributed by atoms with Gasteiger partial charge >= 0.3 is 11.9 Å². The van der Waals surface area contributed by atoms with Gasteiger partial charge in [0.25, 0.3) is 0 Å². The first kappa shape index (κ1) is 16.5. The van der Waals surface area contributed by atoms with Crippen molar-refractivity contribution in [3.05, 3.63) is 83.9 Å². The maximum atomic E-state index is 11.8. The van der Waals surface area contributed by atoms with Crippen LogP contribution in [0.15, 0.2) is 72.8 Å². The fourth-order valence-electron chi connectivity index (χ4n) is 1.86. The molecule has 0 aliphatic rings. The number of benzene rings is 2. The van der Waals surface area contributed by atoms with Crippen LogP contribution in [-0.4, -0.2) is 11.9 Å². The van der Waals surface area contributed by atoms with E-state index in [1.54, 1.807) is 0 Å². The molecule has 118 valence electrons. The molecule has 2 aromatic rings. The Balaban J connectivity index is 1.72. The summed E-state index contributed by atoms with van der Waals surface area (Å²) in [5.74, 6) is -1.10. The normalized spacial score (nSPS) is 9.91. The molecule has 0 atom stereocenters. The molecule has 0 aromatic heterocycles. The molecule has 4 heteroatoms. The molecule has 0 unspecified atom stereocenters. The van der Waals surface area contributed by atoms with Crippen molar-refractivity contribution < 1.29 is 19.1 Å². The second-order valence-electron chi connectivity index (χ2n) is 4.99. The zero-order valence-corrected chi connectivity index (χ0v) is 12.7. The molecule has 2 aromatic carbocycles. The quantitative estimate of drug-likeness (QED) is 0.581. The zero-order valence-electron chi connectivity index (χ0n) is 12.7. The van der Waals surface area contributed by atoms with Crippen molar-refractivity contribution in [1.82, 2.24) is 0 Å².